The van der Waals surface area contributed by atoms with E-state index in [2.05, 4.69) is 63.6 Å². The highest BCUT2D eigenvalue weighted by Gasteiger charge is 2.21. The molecule has 3 rings (SSSR count). The number of carbonyl (C=O) groups excluding carboxylic acids is 1. The van der Waals surface area contributed by atoms with Crippen LogP contribution in [0.5, 0.6) is 0 Å². The zero-order valence-electron chi connectivity index (χ0n) is 16.9. The van der Waals surface area contributed by atoms with Crippen molar-refractivity contribution in [2.45, 2.75) is 46.1 Å². The van der Waals surface area contributed by atoms with E-state index in [0.717, 1.165) is 56.1 Å². The van der Waals surface area contributed by atoms with Crippen LogP contribution in [0, 0.1) is 12.8 Å². The van der Waals surface area contributed by atoms with Gasteiger partial charge in [-0.3, -0.25) is 4.79 Å². The highest BCUT2D eigenvalue weighted by atomic mass is 16.1. The second-order valence-electron chi connectivity index (χ2n) is 7.52. The van der Waals surface area contributed by atoms with Gasteiger partial charge >= 0.3 is 0 Å². The van der Waals surface area contributed by atoms with Gasteiger partial charge in [0.05, 0.1) is 0 Å². The Morgan fingerprint density at radius 3 is 2.64 bits per heavy atom. The van der Waals surface area contributed by atoms with Gasteiger partial charge in [0.15, 0.2) is 0 Å². The van der Waals surface area contributed by atoms with Gasteiger partial charge in [0.1, 0.15) is 18.0 Å². The highest BCUT2D eigenvalue weighted by Crippen LogP contribution is 2.25. The van der Waals surface area contributed by atoms with Crippen molar-refractivity contribution in [3.63, 3.8) is 0 Å². The van der Waals surface area contributed by atoms with Crippen molar-refractivity contribution >= 4 is 17.5 Å². The molecule has 150 valence electrons. The molecule has 0 spiro atoms. The molecule has 0 atom stereocenters. The molecule has 1 amide bonds. The van der Waals surface area contributed by atoms with Gasteiger partial charge in [-0.05, 0) is 44.6 Å². The molecular formula is C22H31N5O. The molecule has 6 heteroatoms. The van der Waals surface area contributed by atoms with Gasteiger partial charge in [0.2, 0.25) is 5.91 Å². The Balaban J connectivity index is 1.37. The van der Waals surface area contributed by atoms with Crippen LogP contribution in [0.3, 0.4) is 0 Å². The fourth-order valence-corrected chi connectivity index (χ4v) is 3.58. The topological polar surface area (TPSA) is 70.2 Å². The summed E-state index contributed by atoms with van der Waals surface area (Å²) in [5.41, 5.74) is 2.38. The van der Waals surface area contributed by atoms with Gasteiger partial charge in [-0.15, -0.1) is 0 Å². The SMILES string of the molecule is CCNc1cc(N2CCC(CCC(=O)NCc3ccc(C)cc3)CC2)ncn1. The lowest BCUT2D eigenvalue weighted by Gasteiger charge is -2.32. The standard InChI is InChI=1S/C22H31N5O/c1-3-23-20-14-21(26-16-25-20)27-12-10-18(11-13-27)8-9-22(28)24-15-19-6-4-17(2)5-7-19/h4-7,14,16,18H,3,8-13,15H2,1-2H3,(H,24,28)(H,23,25,26). The monoisotopic (exact) mass is 381 g/mol. The Morgan fingerprint density at radius 1 is 1.18 bits per heavy atom. The predicted molar refractivity (Wildman–Crippen MR) is 113 cm³/mol. The molecule has 2 N–H and O–H groups in total. The minimum absolute atomic E-state index is 0.147. The zero-order chi connectivity index (χ0) is 19.8. The third-order valence-corrected chi connectivity index (χ3v) is 5.34. The molecule has 2 heterocycles. The number of hydrogen-bond donors (Lipinski definition) is 2. The fraction of sp³-hybridized carbons (Fsp3) is 0.500. The number of aromatic nitrogens is 2. The number of hydrogen-bond acceptors (Lipinski definition) is 5. The van der Waals surface area contributed by atoms with Gasteiger partial charge in [-0.2, -0.15) is 0 Å². The Kier molecular flexibility index (Phi) is 7.23. The molecule has 1 fully saturated rings. The molecule has 28 heavy (non-hydrogen) atoms. The molecule has 1 aromatic heterocycles. The summed E-state index contributed by atoms with van der Waals surface area (Å²) in [6.07, 6.45) is 5.39. The van der Waals surface area contributed by atoms with Gasteiger partial charge < -0.3 is 15.5 Å². The van der Waals surface area contributed by atoms with Crippen LogP contribution >= 0.6 is 0 Å². The smallest absolute Gasteiger partial charge is 0.220 e. The van der Waals surface area contributed by atoms with E-state index >= 15 is 0 Å². The summed E-state index contributed by atoms with van der Waals surface area (Å²) in [7, 11) is 0. The second kappa shape index (κ2) is 10.1. The van der Waals surface area contributed by atoms with E-state index in [4.69, 9.17) is 0 Å². The third-order valence-electron chi connectivity index (χ3n) is 5.34. The number of amides is 1. The van der Waals surface area contributed by atoms with Crippen LogP contribution in [-0.4, -0.2) is 35.5 Å². The summed E-state index contributed by atoms with van der Waals surface area (Å²) in [6.45, 7) is 7.56. The maximum absolute atomic E-state index is 12.2. The summed E-state index contributed by atoms with van der Waals surface area (Å²) in [5, 5.41) is 6.27. The lowest BCUT2D eigenvalue weighted by Crippen LogP contribution is -2.34. The average molecular weight is 382 g/mol. The largest absolute Gasteiger partial charge is 0.370 e. The van der Waals surface area contributed by atoms with E-state index in [9.17, 15) is 4.79 Å². The van der Waals surface area contributed by atoms with Crippen LogP contribution < -0.4 is 15.5 Å². The van der Waals surface area contributed by atoms with Crippen molar-refractivity contribution in [2.24, 2.45) is 5.92 Å². The first-order chi connectivity index (χ1) is 13.6. The first kappa shape index (κ1) is 20.1. The van der Waals surface area contributed by atoms with E-state index in [1.54, 1.807) is 6.33 Å². The van der Waals surface area contributed by atoms with Gasteiger partial charge in [-0.25, -0.2) is 9.97 Å². The number of benzene rings is 1. The number of anilines is 2. The Bertz CT molecular complexity index is 754. The highest BCUT2D eigenvalue weighted by molar-refractivity contribution is 5.75. The maximum atomic E-state index is 12.2. The molecule has 0 radical (unpaired) electrons. The number of carbonyl (C=O) groups is 1. The third kappa shape index (κ3) is 5.94. The minimum atomic E-state index is 0.147. The number of rotatable bonds is 8. The second-order valence-corrected chi connectivity index (χ2v) is 7.52. The number of nitrogens with zero attached hydrogens (tertiary/aromatic N) is 3. The molecule has 0 aliphatic carbocycles. The van der Waals surface area contributed by atoms with Crippen molar-refractivity contribution in [3.8, 4) is 0 Å². The fourth-order valence-electron chi connectivity index (χ4n) is 3.58. The van der Waals surface area contributed by atoms with Crippen LogP contribution in [0.25, 0.3) is 0 Å². The summed E-state index contributed by atoms with van der Waals surface area (Å²) in [4.78, 5) is 23.1. The van der Waals surface area contributed by atoms with Crippen LogP contribution in [0.15, 0.2) is 36.7 Å². The van der Waals surface area contributed by atoms with E-state index in [1.165, 1.54) is 5.56 Å². The van der Waals surface area contributed by atoms with Crippen molar-refractivity contribution in [1.29, 1.82) is 0 Å². The number of aryl methyl sites for hydroxylation is 1. The lowest BCUT2D eigenvalue weighted by atomic mass is 9.92. The van der Waals surface area contributed by atoms with Crippen LogP contribution in [0.1, 0.15) is 43.7 Å². The molecule has 2 aromatic rings. The minimum Gasteiger partial charge on any atom is -0.370 e. The number of nitrogens with one attached hydrogen (secondary N) is 2. The number of piperidine rings is 1. The van der Waals surface area contributed by atoms with Crippen LogP contribution in [0.2, 0.25) is 0 Å². The van der Waals surface area contributed by atoms with Gasteiger partial charge in [0.25, 0.3) is 0 Å². The van der Waals surface area contributed by atoms with Crippen LogP contribution in [0.4, 0.5) is 11.6 Å². The summed E-state index contributed by atoms with van der Waals surface area (Å²) in [6, 6.07) is 10.3. The molecule has 0 saturated carbocycles. The molecular weight excluding hydrogens is 350 g/mol. The Morgan fingerprint density at radius 2 is 1.93 bits per heavy atom. The molecule has 1 aliphatic heterocycles. The predicted octanol–water partition coefficient (Wildman–Crippen LogP) is 3.53. The first-order valence-electron chi connectivity index (χ1n) is 10.3. The summed E-state index contributed by atoms with van der Waals surface area (Å²) < 4.78 is 0. The van der Waals surface area contributed by atoms with Crippen molar-refractivity contribution in [1.82, 2.24) is 15.3 Å². The molecule has 1 saturated heterocycles. The molecule has 1 aromatic carbocycles. The molecule has 0 unspecified atom stereocenters. The van der Waals surface area contributed by atoms with E-state index < -0.39 is 0 Å². The van der Waals surface area contributed by atoms with Crippen molar-refractivity contribution in [3.05, 3.63) is 47.8 Å². The maximum Gasteiger partial charge on any atom is 0.220 e. The van der Waals surface area contributed by atoms with E-state index in [-0.39, 0.29) is 5.91 Å². The summed E-state index contributed by atoms with van der Waals surface area (Å²) >= 11 is 0. The van der Waals surface area contributed by atoms with Crippen molar-refractivity contribution < 1.29 is 4.79 Å². The van der Waals surface area contributed by atoms with Crippen LogP contribution in [-0.2, 0) is 11.3 Å². The van der Waals surface area contributed by atoms with Gasteiger partial charge in [-0.1, -0.05) is 29.8 Å². The van der Waals surface area contributed by atoms with Gasteiger partial charge in [0, 0.05) is 38.7 Å². The first-order valence-corrected chi connectivity index (χ1v) is 10.3. The van der Waals surface area contributed by atoms with E-state index in [0.29, 0.717) is 18.9 Å². The average Bonchev–Trinajstić information content (AvgIpc) is 2.73. The van der Waals surface area contributed by atoms with E-state index in [1.807, 2.05) is 6.07 Å². The Labute approximate surface area is 167 Å². The lowest BCUT2D eigenvalue weighted by molar-refractivity contribution is -0.121. The normalized spacial score (nSPS) is 14.7. The quantitative estimate of drug-likeness (QED) is 0.732. The molecule has 6 nitrogen and oxygen atoms in total. The zero-order valence-corrected chi connectivity index (χ0v) is 16.9. The Hall–Kier alpha value is -2.63. The van der Waals surface area contributed by atoms with Crippen molar-refractivity contribution in [2.75, 3.05) is 29.9 Å². The molecule has 0 bridgehead atoms. The molecule has 1 aliphatic rings. The summed E-state index contributed by atoms with van der Waals surface area (Å²) in [5.74, 6) is 2.62.